The van der Waals surface area contributed by atoms with Gasteiger partial charge in [0, 0.05) is 23.0 Å². The van der Waals surface area contributed by atoms with Crippen LogP contribution in [0.2, 0.25) is 5.15 Å². The number of nitrogens with zero attached hydrogens (tertiary/aromatic N) is 1. The van der Waals surface area contributed by atoms with Gasteiger partial charge in [-0.05, 0) is 29.8 Å². The van der Waals surface area contributed by atoms with Gasteiger partial charge in [0.15, 0.2) is 0 Å². The van der Waals surface area contributed by atoms with Gasteiger partial charge in [-0.15, -0.1) is 0 Å². The number of nitrogens with one attached hydrogen (secondary N) is 1. The van der Waals surface area contributed by atoms with Crippen LogP contribution in [0.3, 0.4) is 0 Å². The molecule has 2 heterocycles. The molecule has 0 amide bonds. The van der Waals surface area contributed by atoms with Crippen molar-refractivity contribution in [2.24, 2.45) is 0 Å². The number of aromatic nitrogens is 1. The van der Waals surface area contributed by atoms with E-state index in [1.807, 2.05) is 12.1 Å². The molecule has 0 aliphatic carbocycles. The molecule has 1 N–H and O–H groups in total. The Kier molecular flexibility index (Phi) is 3.62. The lowest BCUT2D eigenvalue weighted by atomic mass is 10.1. The van der Waals surface area contributed by atoms with Crippen molar-refractivity contribution in [1.29, 1.82) is 0 Å². The first kappa shape index (κ1) is 12.8. The summed E-state index contributed by atoms with van der Waals surface area (Å²) < 4.78 is 6.77. The molecular formula is C14H12BrClN2O. The summed E-state index contributed by atoms with van der Waals surface area (Å²) in [6, 6.07) is 9.71. The molecule has 1 aliphatic rings. The van der Waals surface area contributed by atoms with Crippen LogP contribution in [0.25, 0.3) is 0 Å². The number of fused-ring (bicyclic) bond motifs is 1. The minimum absolute atomic E-state index is 0.487. The van der Waals surface area contributed by atoms with E-state index in [4.69, 9.17) is 16.3 Å². The lowest BCUT2D eigenvalue weighted by Gasteiger charge is -2.10. The Bertz CT molecular complexity index is 618. The van der Waals surface area contributed by atoms with Gasteiger partial charge >= 0.3 is 0 Å². The highest BCUT2D eigenvalue weighted by Crippen LogP contribution is 2.33. The summed E-state index contributed by atoms with van der Waals surface area (Å²) in [6.07, 6.45) is 0.969. The van der Waals surface area contributed by atoms with Crippen molar-refractivity contribution in [1.82, 2.24) is 4.98 Å². The number of ether oxygens (including phenoxy) is 1. The number of rotatable bonds is 3. The van der Waals surface area contributed by atoms with Crippen LogP contribution in [0, 0.1) is 0 Å². The van der Waals surface area contributed by atoms with Crippen molar-refractivity contribution in [2.45, 2.75) is 13.0 Å². The number of benzene rings is 1. The monoisotopic (exact) mass is 338 g/mol. The third kappa shape index (κ3) is 2.85. The van der Waals surface area contributed by atoms with Crippen molar-refractivity contribution in [3.8, 4) is 5.75 Å². The van der Waals surface area contributed by atoms with Crippen LogP contribution in [0.4, 0.5) is 5.82 Å². The van der Waals surface area contributed by atoms with Crippen LogP contribution in [0.1, 0.15) is 11.1 Å². The molecule has 98 valence electrons. The predicted molar refractivity (Wildman–Crippen MR) is 79.9 cm³/mol. The Morgan fingerprint density at radius 1 is 1.37 bits per heavy atom. The highest BCUT2D eigenvalue weighted by atomic mass is 79.9. The standard InChI is InChI=1S/C14H12BrClN2O/c15-11-6-9-4-5-19-14(9)10(7-11)8-17-13-3-1-2-12(16)18-13/h1-3,6-7H,4-5,8H2,(H,17,18). The lowest BCUT2D eigenvalue weighted by Crippen LogP contribution is -2.03. The first-order valence-corrected chi connectivity index (χ1v) is 7.20. The fourth-order valence-corrected chi connectivity index (χ4v) is 2.89. The van der Waals surface area contributed by atoms with Gasteiger partial charge in [0.05, 0.1) is 6.61 Å². The topological polar surface area (TPSA) is 34.1 Å². The van der Waals surface area contributed by atoms with E-state index in [1.54, 1.807) is 6.07 Å². The summed E-state index contributed by atoms with van der Waals surface area (Å²) in [5.41, 5.74) is 2.38. The molecule has 1 aliphatic heterocycles. The number of pyridine rings is 1. The zero-order valence-corrected chi connectivity index (χ0v) is 12.5. The van der Waals surface area contributed by atoms with Crippen molar-refractivity contribution in [3.05, 3.63) is 51.1 Å². The van der Waals surface area contributed by atoms with Gasteiger partial charge in [-0.25, -0.2) is 4.98 Å². The zero-order valence-electron chi connectivity index (χ0n) is 10.1. The molecule has 0 radical (unpaired) electrons. The Balaban J connectivity index is 1.81. The highest BCUT2D eigenvalue weighted by molar-refractivity contribution is 9.10. The smallest absolute Gasteiger partial charge is 0.131 e. The Labute approximate surface area is 125 Å². The second-order valence-corrected chi connectivity index (χ2v) is 5.65. The molecule has 0 atom stereocenters. The molecule has 2 aromatic rings. The average molecular weight is 340 g/mol. The highest BCUT2D eigenvalue weighted by Gasteiger charge is 2.17. The predicted octanol–water partition coefficient (Wildman–Crippen LogP) is 4.04. The summed E-state index contributed by atoms with van der Waals surface area (Å²) in [7, 11) is 0. The quantitative estimate of drug-likeness (QED) is 0.857. The summed E-state index contributed by atoms with van der Waals surface area (Å²) >= 11 is 9.40. The van der Waals surface area contributed by atoms with Gasteiger partial charge in [-0.3, -0.25) is 0 Å². The maximum Gasteiger partial charge on any atom is 0.131 e. The van der Waals surface area contributed by atoms with Crippen LogP contribution in [0.15, 0.2) is 34.8 Å². The SMILES string of the molecule is Clc1cccc(NCc2cc(Br)cc3c2OCC3)n1. The van der Waals surface area contributed by atoms with Crippen LogP contribution in [-0.4, -0.2) is 11.6 Å². The second kappa shape index (κ2) is 5.39. The number of anilines is 1. The van der Waals surface area contributed by atoms with Gasteiger partial charge in [-0.2, -0.15) is 0 Å². The third-order valence-corrected chi connectivity index (χ3v) is 3.67. The molecule has 0 fully saturated rings. The molecule has 19 heavy (non-hydrogen) atoms. The van der Waals surface area contributed by atoms with E-state index in [0.717, 1.165) is 34.6 Å². The molecule has 0 spiro atoms. The molecule has 0 saturated heterocycles. The van der Waals surface area contributed by atoms with Gasteiger partial charge in [0.2, 0.25) is 0 Å². The summed E-state index contributed by atoms with van der Waals surface area (Å²) in [4.78, 5) is 4.21. The zero-order chi connectivity index (χ0) is 13.2. The molecule has 5 heteroatoms. The fourth-order valence-electron chi connectivity index (χ4n) is 2.17. The molecule has 0 saturated carbocycles. The van der Waals surface area contributed by atoms with E-state index in [-0.39, 0.29) is 0 Å². The molecule has 1 aromatic heterocycles. The van der Waals surface area contributed by atoms with Crippen molar-refractivity contribution >= 4 is 33.3 Å². The second-order valence-electron chi connectivity index (χ2n) is 4.35. The molecule has 3 nitrogen and oxygen atoms in total. The average Bonchev–Trinajstić information content (AvgIpc) is 2.84. The van der Waals surface area contributed by atoms with E-state index in [9.17, 15) is 0 Å². The van der Waals surface area contributed by atoms with Crippen molar-refractivity contribution in [2.75, 3.05) is 11.9 Å². The largest absolute Gasteiger partial charge is 0.493 e. The van der Waals surface area contributed by atoms with Gasteiger partial charge in [-0.1, -0.05) is 33.6 Å². The third-order valence-electron chi connectivity index (χ3n) is 3.00. The van der Waals surface area contributed by atoms with Crippen LogP contribution < -0.4 is 10.1 Å². The maximum absolute atomic E-state index is 5.86. The summed E-state index contributed by atoms with van der Waals surface area (Å²) in [5.74, 6) is 1.76. The minimum Gasteiger partial charge on any atom is -0.493 e. The van der Waals surface area contributed by atoms with Crippen molar-refractivity contribution in [3.63, 3.8) is 0 Å². The molecule has 0 bridgehead atoms. The van der Waals surface area contributed by atoms with Gasteiger partial charge in [0.1, 0.15) is 16.7 Å². The maximum atomic E-state index is 5.86. The number of hydrogen-bond acceptors (Lipinski definition) is 3. The molecule has 1 aromatic carbocycles. The van der Waals surface area contributed by atoms with Crippen LogP contribution >= 0.6 is 27.5 Å². The minimum atomic E-state index is 0.487. The molecular weight excluding hydrogens is 328 g/mol. The van der Waals surface area contributed by atoms with Crippen LogP contribution in [-0.2, 0) is 13.0 Å². The number of hydrogen-bond donors (Lipinski definition) is 1. The normalized spacial score (nSPS) is 12.9. The Hall–Kier alpha value is -1.26. The van der Waals surface area contributed by atoms with E-state index < -0.39 is 0 Å². The Morgan fingerprint density at radius 2 is 2.26 bits per heavy atom. The molecule has 0 unspecified atom stereocenters. The first-order chi connectivity index (χ1) is 9.22. The lowest BCUT2D eigenvalue weighted by molar-refractivity contribution is 0.354. The van der Waals surface area contributed by atoms with E-state index in [2.05, 4.69) is 38.4 Å². The summed E-state index contributed by atoms with van der Waals surface area (Å²) in [6.45, 7) is 1.42. The van der Waals surface area contributed by atoms with E-state index in [1.165, 1.54) is 5.56 Å². The fraction of sp³-hybridized carbons (Fsp3) is 0.214. The summed E-state index contributed by atoms with van der Waals surface area (Å²) in [5, 5.41) is 3.75. The van der Waals surface area contributed by atoms with Gasteiger partial charge in [0.25, 0.3) is 0 Å². The van der Waals surface area contributed by atoms with E-state index in [0.29, 0.717) is 11.7 Å². The first-order valence-electron chi connectivity index (χ1n) is 6.03. The van der Waals surface area contributed by atoms with E-state index >= 15 is 0 Å². The van der Waals surface area contributed by atoms with Gasteiger partial charge < -0.3 is 10.1 Å². The van der Waals surface area contributed by atoms with Crippen LogP contribution in [0.5, 0.6) is 5.75 Å². The number of halogens is 2. The molecule has 3 rings (SSSR count). The van der Waals surface area contributed by atoms with Crippen molar-refractivity contribution < 1.29 is 4.74 Å². The Morgan fingerprint density at radius 3 is 3.11 bits per heavy atom.